The number of aryl methyl sites for hydroxylation is 2. The van der Waals surface area contributed by atoms with Gasteiger partial charge in [0.1, 0.15) is 16.9 Å². The average Bonchev–Trinajstić information content (AvgIpc) is 3.09. The normalized spacial score (nSPS) is 16.3. The molecule has 0 amide bonds. The summed E-state index contributed by atoms with van der Waals surface area (Å²) in [5, 5.41) is 9.91. The lowest BCUT2D eigenvalue weighted by Crippen LogP contribution is -2.07. The first-order valence-electron chi connectivity index (χ1n) is 9.09. The molecule has 26 heavy (non-hydrogen) atoms. The largest absolute Gasteiger partial charge is 0.273 e. The van der Waals surface area contributed by atoms with E-state index in [1.54, 1.807) is 11.3 Å². The van der Waals surface area contributed by atoms with E-state index in [1.165, 1.54) is 32.1 Å². The van der Waals surface area contributed by atoms with Crippen LogP contribution in [0.4, 0.5) is 0 Å². The predicted octanol–water partition coefficient (Wildman–Crippen LogP) is 5.29. The monoisotopic (exact) mass is 364 g/mol. The highest BCUT2D eigenvalue weighted by molar-refractivity contribution is 7.15. The van der Waals surface area contributed by atoms with Crippen molar-refractivity contribution >= 4 is 17.0 Å². The summed E-state index contributed by atoms with van der Waals surface area (Å²) in [6.45, 7) is 12.9. The first-order chi connectivity index (χ1) is 12.4. The summed E-state index contributed by atoms with van der Waals surface area (Å²) in [5.74, 6) is 2.36. The number of fused-ring (bicyclic) bond motifs is 3. The van der Waals surface area contributed by atoms with Gasteiger partial charge in [-0.05, 0) is 44.7 Å². The predicted molar refractivity (Wildman–Crippen MR) is 108 cm³/mol. The number of hydrogen-bond donors (Lipinski definition) is 0. The van der Waals surface area contributed by atoms with Gasteiger partial charge in [0.05, 0.1) is 5.71 Å². The Kier molecular flexibility index (Phi) is 4.07. The highest BCUT2D eigenvalue weighted by atomic mass is 32.1. The molecule has 2 aromatic heterocycles. The standard InChI is InChI=1S/C21H24N4S/c1-11(2)16-7-9-17(10-8-16)19-18-12(3)14(5)26-21(18)25-15(6)23-24-20(25)13(4)22-19/h7-11,13H,1-6H3. The molecule has 1 aromatic carbocycles. The number of aromatic nitrogens is 3. The average molecular weight is 365 g/mol. The third kappa shape index (κ3) is 2.53. The smallest absolute Gasteiger partial charge is 0.162 e. The molecule has 1 atom stereocenters. The van der Waals surface area contributed by atoms with Crippen LogP contribution in [0.3, 0.4) is 0 Å². The number of hydrogen-bond acceptors (Lipinski definition) is 4. The van der Waals surface area contributed by atoms with Crippen molar-refractivity contribution in [3.8, 4) is 5.00 Å². The minimum absolute atomic E-state index is 0.0321. The Morgan fingerprint density at radius 2 is 1.73 bits per heavy atom. The molecule has 1 unspecified atom stereocenters. The lowest BCUT2D eigenvalue weighted by atomic mass is 9.96. The lowest BCUT2D eigenvalue weighted by Gasteiger charge is -2.11. The Morgan fingerprint density at radius 1 is 1.04 bits per heavy atom. The van der Waals surface area contributed by atoms with Crippen molar-refractivity contribution in [3.05, 3.63) is 63.0 Å². The second-order valence-electron chi connectivity index (χ2n) is 7.33. The number of nitrogens with zero attached hydrogens (tertiary/aromatic N) is 4. The molecule has 4 rings (SSSR count). The van der Waals surface area contributed by atoms with Gasteiger partial charge in [0, 0.05) is 16.0 Å². The molecule has 3 heterocycles. The maximum absolute atomic E-state index is 5.09. The van der Waals surface area contributed by atoms with Gasteiger partial charge in [-0.1, -0.05) is 38.1 Å². The number of thiophene rings is 1. The van der Waals surface area contributed by atoms with Crippen LogP contribution in [0.1, 0.15) is 71.5 Å². The Hall–Kier alpha value is -2.27. The molecule has 134 valence electrons. The van der Waals surface area contributed by atoms with Crippen molar-refractivity contribution in [1.82, 2.24) is 14.8 Å². The van der Waals surface area contributed by atoms with Crippen LogP contribution in [0.25, 0.3) is 5.00 Å². The topological polar surface area (TPSA) is 43.1 Å². The second kappa shape index (κ2) is 6.16. The summed E-state index contributed by atoms with van der Waals surface area (Å²) < 4.78 is 2.18. The van der Waals surface area contributed by atoms with Crippen LogP contribution in [0.2, 0.25) is 0 Å². The van der Waals surface area contributed by atoms with E-state index < -0.39 is 0 Å². The van der Waals surface area contributed by atoms with E-state index in [0.29, 0.717) is 5.92 Å². The minimum Gasteiger partial charge on any atom is -0.273 e. The van der Waals surface area contributed by atoms with Gasteiger partial charge in [0.25, 0.3) is 0 Å². The van der Waals surface area contributed by atoms with Crippen LogP contribution in [0.5, 0.6) is 0 Å². The van der Waals surface area contributed by atoms with Crippen LogP contribution in [0, 0.1) is 20.8 Å². The van der Waals surface area contributed by atoms with E-state index in [4.69, 9.17) is 4.99 Å². The zero-order chi connectivity index (χ0) is 18.6. The van der Waals surface area contributed by atoms with Crippen molar-refractivity contribution in [2.45, 2.75) is 53.5 Å². The number of rotatable bonds is 2. The van der Waals surface area contributed by atoms with Gasteiger partial charge >= 0.3 is 0 Å². The third-order valence-corrected chi connectivity index (χ3v) is 6.40. The van der Waals surface area contributed by atoms with E-state index in [0.717, 1.165) is 17.4 Å². The maximum Gasteiger partial charge on any atom is 0.162 e. The first kappa shape index (κ1) is 17.2. The molecule has 3 aromatic rings. The van der Waals surface area contributed by atoms with E-state index in [2.05, 4.69) is 73.6 Å². The number of aliphatic imine (C=N–C) groups is 1. The van der Waals surface area contributed by atoms with Gasteiger partial charge in [-0.2, -0.15) is 0 Å². The molecular formula is C21H24N4S. The molecule has 0 saturated heterocycles. The van der Waals surface area contributed by atoms with E-state index in [-0.39, 0.29) is 6.04 Å². The summed E-state index contributed by atoms with van der Waals surface area (Å²) in [5.41, 5.74) is 6.10. The van der Waals surface area contributed by atoms with Crippen molar-refractivity contribution in [2.75, 3.05) is 0 Å². The summed E-state index contributed by atoms with van der Waals surface area (Å²) in [6, 6.07) is 8.82. The Labute approximate surface area is 158 Å². The number of benzene rings is 1. The molecule has 0 spiro atoms. The second-order valence-corrected chi connectivity index (χ2v) is 8.54. The van der Waals surface area contributed by atoms with Crippen LogP contribution in [-0.2, 0) is 0 Å². The summed E-state index contributed by atoms with van der Waals surface area (Å²) in [7, 11) is 0. The molecule has 0 bridgehead atoms. The summed E-state index contributed by atoms with van der Waals surface area (Å²) >= 11 is 1.80. The Balaban J connectivity index is 1.96. The van der Waals surface area contributed by atoms with Gasteiger partial charge in [-0.15, -0.1) is 21.5 Å². The van der Waals surface area contributed by atoms with Gasteiger partial charge < -0.3 is 0 Å². The molecule has 0 aliphatic carbocycles. The Morgan fingerprint density at radius 3 is 2.38 bits per heavy atom. The Bertz CT molecular complexity index is 1010. The van der Waals surface area contributed by atoms with Crippen LogP contribution >= 0.6 is 11.3 Å². The summed E-state index contributed by atoms with van der Waals surface area (Å²) in [6.07, 6.45) is 0. The fraction of sp³-hybridized carbons (Fsp3) is 0.381. The third-order valence-electron chi connectivity index (χ3n) is 5.20. The van der Waals surface area contributed by atoms with Crippen molar-refractivity contribution < 1.29 is 0 Å². The molecule has 1 aliphatic heterocycles. The first-order valence-corrected chi connectivity index (χ1v) is 9.91. The SMILES string of the molecule is Cc1sc2c(c1C)C(c1ccc(C(C)C)cc1)=NC(C)c1nnc(C)n1-2. The van der Waals surface area contributed by atoms with Crippen LogP contribution in [0.15, 0.2) is 29.3 Å². The maximum atomic E-state index is 5.09. The molecule has 0 N–H and O–H groups in total. The molecule has 4 nitrogen and oxygen atoms in total. The molecule has 1 aliphatic rings. The molecular weight excluding hydrogens is 340 g/mol. The minimum atomic E-state index is -0.0321. The van der Waals surface area contributed by atoms with Crippen LogP contribution < -0.4 is 0 Å². The highest BCUT2D eigenvalue weighted by Crippen LogP contribution is 2.38. The summed E-state index contributed by atoms with van der Waals surface area (Å²) in [4.78, 5) is 6.41. The van der Waals surface area contributed by atoms with Gasteiger partial charge in [-0.25, -0.2) is 0 Å². The van der Waals surface area contributed by atoms with E-state index in [1.807, 2.05) is 6.92 Å². The fourth-order valence-electron chi connectivity index (χ4n) is 3.51. The zero-order valence-electron chi connectivity index (χ0n) is 16.2. The quantitative estimate of drug-likeness (QED) is 0.620. The highest BCUT2D eigenvalue weighted by Gasteiger charge is 2.29. The van der Waals surface area contributed by atoms with Crippen molar-refractivity contribution in [1.29, 1.82) is 0 Å². The lowest BCUT2D eigenvalue weighted by molar-refractivity contribution is 0.724. The van der Waals surface area contributed by atoms with Gasteiger partial charge in [0.15, 0.2) is 5.82 Å². The van der Waals surface area contributed by atoms with E-state index in [9.17, 15) is 0 Å². The van der Waals surface area contributed by atoms with Crippen LogP contribution in [-0.4, -0.2) is 20.5 Å². The van der Waals surface area contributed by atoms with E-state index >= 15 is 0 Å². The van der Waals surface area contributed by atoms with Crippen molar-refractivity contribution in [3.63, 3.8) is 0 Å². The van der Waals surface area contributed by atoms with Gasteiger partial charge in [-0.3, -0.25) is 9.56 Å². The van der Waals surface area contributed by atoms with Gasteiger partial charge in [0.2, 0.25) is 0 Å². The molecule has 0 fully saturated rings. The molecule has 5 heteroatoms. The molecule has 0 radical (unpaired) electrons. The molecule has 0 saturated carbocycles. The van der Waals surface area contributed by atoms with Crippen molar-refractivity contribution in [2.24, 2.45) is 4.99 Å². The zero-order valence-corrected chi connectivity index (χ0v) is 17.0. The fourth-order valence-corrected chi connectivity index (χ4v) is 4.72.